The van der Waals surface area contributed by atoms with Crippen LogP contribution >= 0.6 is 11.6 Å². The summed E-state index contributed by atoms with van der Waals surface area (Å²) >= 11 is 5.84. The van der Waals surface area contributed by atoms with E-state index in [0.29, 0.717) is 11.4 Å². The van der Waals surface area contributed by atoms with Gasteiger partial charge in [0.05, 0.1) is 0 Å². The second kappa shape index (κ2) is 5.76. The Bertz CT molecular complexity index is 349. The van der Waals surface area contributed by atoms with E-state index in [-0.39, 0.29) is 5.91 Å². The molecular formula is C12H16ClNO. The molecule has 1 amide bonds. The highest BCUT2D eigenvalue weighted by molar-refractivity contribution is 6.17. The molecule has 1 aromatic carbocycles. The zero-order chi connectivity index (χ0) is 11.3. The summed E-state index contributed by atoms with van der Waals surface area (Å²) < 4.78 is 0. The van der Waals surface area contributed by atoms with Gasteiger partial charge >= 0.3 is 0 Å². The van der Waals surface area contributed by atoms with Crippen molar-refractivity contribution in [3.8, 4) is 0 Å². The summed E-state index contributed by atoms with van der Waals surface area (Å²) in [6, 6.07) is 5.54. The number of unbranched alkanes of at least 4 members (excludes halogenated alkanes) is 1. The normalized spacial score (nSPS) is 10.3. The first-order valence-corrected chi connectivity index (χ1v) is 5.70. The Morgan fingerprint density at radius 2 is 2.20 bits per heavy atom. The minimum Gasteiger partial charge on any atom is -0.366 e. The summed E-state index contributed by atoms with van der Waals surface area (Å²) in [7, 11) is 0. The number of amides is 1. The Balaban J connectivity index is 3.08. The molecule has 1 rings (SSSR count). The van der Waals surface area contributed by atoms with E-state index in [1.807, 2.05) is 12.1 Å². The number of carbonyl (C=O) groups excluding carboxylic acids is 1. The monoisotopic (exact) mass is 225 g/mol. The molecule has 0 spiro atoms. The third-order valence-electron chi connectivity index (χ3n) is 2.46. The molecule has 0 atom stereocenters. The van der Waals surface area contributed by atoms with E-state index < -0.39 is 0 Å². The molecule has 82 valence electrons. The van der Waals surface area contributed by atoms with Crippen LogP contribution in [0.1, 0.15) is 41.3 Å². The zero-order valence-electron chi connectivity index (χ0n) is 8.92. The van der Waals surface area contributed by atoms with Gasteiger partial charge < -0.3 is 5.73 Å². The van der Waals surface area contributed by atoms with Crippen molar-refractivity contribution >= 4 is 17.5 Å². The van der Waals surface area contributed by atoms with Crippen LogP contribution in [0.2, 0.25) is 0 Å². The molecule has 1 aromatic rings. The van der Waals surface area contributed by atoms with Gasteiger partial charge in [-0.05, 0) is 30.0 Å². The van der Waals surface area contributed by atoms with E-state index in [1.165, 1.54) is 0 Å². The van der Waals surface area contributed by atoms with Crippen LogP contribution < -0.4 is 5.73 Å². The average molecular weight is 226 g/mol. The van der Waals surface area contributed by atoms with E-state index in [4.69, 9.17) is 17.3 Å². The minimum absolute atomic E-state index is 0.368. The fraction of sp³-hybridized carbons (Fsp3) is 0.417. The summed E-state index contributed by atoms with van der Waals surface area (Å²) in [5, 5.41) is 0. The first-order valence-electron chi connectivity index (χ1n) is 5.17. The quantitative estimate of drug-likeness (QED) is 0.770. The minimum atomic E-state index is -0.368. The van der Waals surface area contributed by atoms with E-state index in [9.17, 15) is 4.79 Å². The van der Waals surface area contributed by atoms with E-state index in [0.717, 1.165) is 30.4 Å². The Labute approximate surface area is 95.4 Å². The summed E-state index contributed by atoms with van der Waals surface area (Å²) in [5.74, 6) is 0.0632. The maximum absolute atomic E-state index is 11.2. The van der Waals surface area contributed by atoms with Crippen LogP contribution in [0.15, 0.2) is 18.2 Å². The molecule has 15 heavy (non-hydrogen) atoms. The second-order valence-electron chi connectivity index (χ2n) is 3.54. The average Bonchev–Trinajstić information content (AvgIpc) is 2.25. The van der Waals surface area contributed by atoms with Crippen molar-refractivity contribution in [2.45, 2.75) is 32.1 Å². The van der Waals surface area contributed by atoms with E-state index in [2.05, 4.69) is 6.92 Å². The number of benzene rings is 1. The molecule has 0 fully saturated rings. The third-order valence-corrected chi connectivity index (χ3v) is 2.75. The zero-order valence-corrected chi connectivity index (χ0v) is 9.68. The highest BCUT2D eigenvalue weighted by atomic mass is 35.5. The predicted octanol–water partition coefficient (Wildman–Crippen LogP) is 2.87. The number of carbonyl (C=O) groups is 1. The van der Waals surface area contributed by atoms with Gasteiger partial charge in [0.15, 0.2) is 0 Å². The molecule has 0 unspecified atom stereocenters. The number of primary amides is 1. The molecule has 0 saturated carbocycles. The van der Waals surface area contributed by atoms with Crippen LogP contribution in [-0.2, 0) is 12.3 Å². The smallest absolute Gasteiger partial charge is 0.248 e. The van der Waals surface area contributed by atoms with Crippen molar-refractivity contribution in [2.75, 3.05) is 0 Å². The van der Waals surface area contributed by atoms with Gasteiger partial charge in [0.25, 0.3) is 0 Å². The lowest BCUT2D eigenvalue weighted by atomic mass is 9.97. The Kier molecular flexibility index (Phi) is 4.63. The molecule has 0 heterocycles. The Morgan fingerprint density at radius 3 is 2.73 bits per heavy atom. The first-order chi connectivity index (χ1) is 7.20. The van der Waals surface area contributed by atoms with Gasteiger partial charge in [-0.3, -0.25) is 4.79 Å². The number of halogens is 1. The molecule has 0 saturated heterocycles. The van der Waals surface area contributed by atoms with E-state index >= 15 is 0 Å². The maximum atomic E-state index is 11.2. The van der Waals surface area contributed by atoms with Gasteiger partial charge in [-0.1, -0.05) is 25.5 Å². The fourth-order valence-corrected chi connectivity index (χ4v) is 1.89. The SMILES string of the molecule is CCCCc1c(CCl)cccc1C(N)=O. The van der Waals surface area contributed by atoms with Crippen molar-refractivity contribution in [3.05, 3.63) is 34.9 Å². The van der Waals surface area contributed by atoms with Crippen molar-refractivity contribution in [1.82, 2.24) is 0 Å². The lowest BCUT2D eigenvalue weighted by Crippen LogP contribution is -2.15. The van der Waals surface area contributed by atoms with Crippen LogP contribution in [-0.4, -0.2) is 5.91 Å². The van der Waals surface area contributed by atoms with E-state index in [1.54, 1.807) is 6.07 Å². The standard InChI is InChI=1S/C12H16ClNO/c1-2-3-6-10-9(8-13)5-4-7-11(10)12(14)15/h4-5,7H,2-3,6,8H2,1H3,(H2,14,15). The van der Waals surface area contributed by atoms with Gasteiger partial charge in [0.2, 0.25) is 5.91 Å². The van der Waals surface area contributed by atoms with Crippen molar-refractivity contribution in [2.24, 2.45) is 5.73 Å². The van der Waals surface area contributed by atoms with Crippen molar-refractivity contribution in [1.29, 1.82) is 0 Å². The summed E-state index contributed by atoms with van der Waals surface area (Å²) in [6.45, 7) is 2.12. The Morgan fingerprint density at radius 1 is 1.47 bits per heavy atom. The van der Waals surface area contributed by atoms with Crippen molar-refractivity contribution in [3.63, 3.8) is 0 Å². The van der Waals surface area contributed by atoms with Gasteiger partial charge in [0.1, 0.15) is 0 Å². The number of rotatable bonds is 5. The maximum Gasteiger partial charge on any atom is 0.248 e. The van der Waals surface area contributed by atoms with Gasteiger partial charge in [-0.25, -0.2) is 0 Å². The predicted molar refractivity (Wildman–Crippen MR) is 63.1 cm³/mol. The molecule has 2 nitrogen and oxygen atoms in total. The molecule has 0 radical (unpaired) electrons. The second-order valence-corrected chi connectivity index (χ2v) is 3.81. The van der Waals surface area contributed by atoms with Crippen LogP contribution in [0.5, 0.6) is 0 Å². The van der Waals surface area contributed by atoms with Crippen LogP contribution in [0.3, 0.4) is 0 Å². The van der Waals surface area contributed by atoms with Gasteiger partial charge in [-0.15, -0.1) is 11.6 Å². The Hall–Kier alpha value is -1.02. The molecule has 0 aromatic heterocycles. The lowest BCUT2D eigenvalue weighted by Gasteiger charge is -2.10. The number of hydrogen-bond donors (Lipinski definition) is 1. The van der Waals surface area contributed by atoms with Gasteiger partial charge in [-0.2, -0.15) is 0 Å². The largest absolute Gasteiger partial charge is 0.366 e. The summed E-state index contributed by atoms with van der Waals surface area (Å²) in [6.07, 6.45) is 3.01. The molecule has 0 bridgehead atoms. The third kappa shape index (κ3) is 2.96. The topological polar surface area (TPSA) is 43.1 Å². The number of nitrogens with two attached hydrogens (primary N) is 1. The van der Waals surface area contributed by atoms with Gasteiger partial charge in [0, 0.05) is 11.4 Å². The summed E-state index contributed by atoms with van der Waals surface area (Å²) in [5.41, 5.74) is 7.97. The highest BCUT2D eigenvalue weighted by Gasteiger charge is 2.10. The molecular weight excluding hydrogens is 210 g/mol. The number of alkyl halides is 1. The molecule has 2 N–H and O–H groups in total. The molecule has 0 aliphatic carbocycles. The van der Waals surface area contributed by atoms with Crippen LogP contribution in [0.4, 0.5) is 0 Å². The first kappa shape index (κ1) is 12.1. The highest BCUT2D eigenvalue weighted by Crippen LogP contribution is 2.19. The molecule has 0 aliphatic rings. The van der Waals surface area contributed by atoms with Crippen molar-refractivity contribution < 1.29 is 4.79 Å². The van der Waals surface area contributed by atoms with Crippen LogP contribution in [0.25, 0.3) is 0 Å². The summed E-state index contributed by atoms with van der Waals surface area (Å²) in [4.78, 5) is 11.2. The fourth-order valence-electron chi connectivity index (χ4n) is 1.64. The number of hydrogen-bond acceptors (Lipinski definition) is 1. The lowest BCUT2D eigenvalue weighted by molar-refractivity contribution is 0.0999. The molecule has 3 heteroatoms. The van der Waals surface area contributed by atoms with Crippen LogP contribution in [0, 0.1) is 0 Å². The molecule has 0 aliphatic heterocycles.